The van der Waals surface area contributed by atoms with Crippen LogP contribution in [0.4, 0.5) is 0 Å². The van der Waals surface area contributed by atoms with Crippen molar-refractivity contribution in [1.82, 2.24) is 5.32 Å². The minimum absolute atomic E-state index is 0.278. The summed E-state index contributed by atoms with van der Waals surface area (Å²) in [7, 11) is 0. The predicted molar refractivity (Wildman–Crippen MR) is 40.3 cm³/mol. The van der Waals surface area contributed by atoms with Crippen LogP contribution in [0.5, 0.6) is 0 Å². The number of ether oxygens (including phenoxy) is 1. The molecule has 3 atom stereocenters. The molecule has 2 aliphatic heterocycles. The largest absolute Gasteiger partial charge is 0.381 e. The SMILES string of the molecule is O=NC[C@H]1NC[C@@H]2COC[C@@H]21. The molecule has 0 unspecified atom stereocenters. The van der Waals surface area contributed by atoms with Gasteiger partial charge in [0.2, 0.25) is 0 Å². The van der Waals surface area contributed by atoms with Crippen molar-refractivity contribution in [2.24, 2.45) is 17.0 Å². The van der Waals surface area contributed by atoms with Crippen LogP contribution in [0.1, 0.15) is 0 Å². The van der Waals surface area contributed by atoms with Gasteiger partial charge >= 0.3 is 0 Å². The predicted octanol–water partition coefficient (Wildman–Crippen LogP) is -0.0128. The topological polar surface area (TPSA) is 50.7 Å². The summed E-state index contributed by atoms with van der Waals surface area (Å²) in [6.45, 7) is 3.04. The van der Waals surface area contributed by atoms with Gasteiger partial charge in [0.05, 0.1) is 19.8 Å². The summed E-state index contributed by atoms with van der Waals surface area (Å²) in [4.78, 5) is 10.0. The van der Waals surface area contributed by atoms with E-state index in [0.717, 1.165) is 19.8 Å². The first-order chi connectivity index (χ1) is 5.42. The Hall–Kier alpha value is -0.480. The van der Waals surface area contributed by atoms with Crippen molar-refractivity contribution in [3.63, 3.8) is 0 Å². The van der Waals surface area contributed by atoms with Crippen LogP contribution in [0.15, 0.2) is 5.18 Å². The first-order valence-corrected chi connectivity index (χ1v) is 4.02. The maximum absolute atomic E-state index is 10.0. The average molecular weight is 156 g/mol. The van der Waals surface area contributed by atoms with Crippen molar-refractivity contribution in [3.05, 3.63) is 4.91 Å². The second-order valence-electron chi connectivity index (χ2n) is 3.29. The lowest BCUT2D eigenvalue weighted by atomic mass is 9.94. The minimum Gasteiger partial charge on any atom is -0.381 e. The highest BCUT2D eigenvalue weighted by atomic mass is 16.5. The zero-order valence-corrected chi connectivity index (χ0v) is 6.32. The van der Waals surface area contributed by atoms with Gasteiger partial charge < -0.3 is 10.1 Å². The second kappa shape index (κ2) is 2.87. The number of hydrogen-bond acceptors (Lipinski definition) is 4. The maximum atomic E-state index is 10.0. The van der Waals surface area contributed by atoms with E-state index in [9.17, 15) is 4.91 Å². The molecule has 0 aromatic rings. The van der Waals surface area contributed by atoms with Crippen LogP contribution in [0, 0.1) is 16.7 Å². The van der Waals surface area contributed by atoms with Crippen LogP contribution < -0.4 is 5.32 Å². The summed E-state index contributed by atoms with van der Waals surface area (Å²) < 4.78 is 5.30. The Labute approximate surface area is 65.3 Å². The molecule has 0 spiro atoms. The molecule has 62 valence electrons. The number of nitrogens with zero attached hydrogens (tertiary/aromatic N) is 1. The molecule has 1 N–H and O–H groups in total. The van der Waals surface area contributed by atoms with Gasteiger partial charge in [-0.2, -0.15) is 4.91 Å². The number of rotatable bonds is 2. The summed E-state index contributed by atoms with van der Waals surface area (Å²) in [5.74, 6) is 1.16. The standard InChI is InChI=1S/C7H12N2O2/c10-9-2-7-6-4-11-3-5(6)1-8-7/h5-8H,1-4H2/t5-,6+,7-/m1/s1. The summed E-state index contributed by atoms with van der Waals surface area (Å²) >= 11 is 0. The van der Waals surface area contributed by atoms with Crippen LogP contribution in [0.25, 0.3) is 0 Å². The summed E-state index contributed by atoms with van der Waals surface area (Å²) in [6.07, 6.45) is 0. The van der Waals surface area contributed by atoms with Gasteiger partial charge in [-0.1, -0.05) is 5.18 Å². The Bertz CT molecular complexity index is 163. The lowest BCUT2D eigenvalue weighted by Crippen LogP contribution is -2.31. The average Bonchev–Trinajstić information content (AvgIpc) is 2.53. The Morgan fingerprint density at radius 1 is 1.55 bits per heavy atom. The molecule has 4 nitrogen and oxygen atoms in total. The van der Waals surface area contributed by atoms with E-state index < -0.39 is 0 Å². The Morgan fingerprint density at radius 2 is 2.45 bits per heavy atom. The first-order valence-electron chi connectivity index (χ1n) is 4.02. The lowest BCUT2D eigenvalue weighted by molar-refractivity contribution is 0.169. The van der Waals surface area contributed by atoms with E-state index in [4.69, 9.17) is 4.74 Å². The normalized spacial score (nSPS) is 42.4. The van der Waals surface area contributed by atoms with E-state index in [1.54, 1.807) is 0 Å². The van der Waals surface area contributed by atoms with Crippen LogP contribution in [0.3, 0.4) is 0 Å². The number of fused-ring (bicyclic) bond motifs is 1. The summed E-state index contributed by atoms with van der Waals surface area (Å²) in [5.41, 5.74) is 0. The van der Waals surface area contributed by atoms with Gasteiger partial charge in [0.15, 0.2) is 0 Å². The van der Waals surface area contributed by atoms with E-state index >= 15 is 0 Å². The first kappa shape index (κ1) is 7.18. The van der Waals surface area contributed by atoms with Gasteiger partial charge in [-0.15, -0.1) is 0 Å². The van der Waals surface area contributed by atoms with Crippen molar-refractivity contribution < 1.29 is 4.74 Å². The van der Waals surface area contributed by atoms with E-state index in [1.807, 2.05) is 0 Å². The van der Waals surface area contributed by atoms with Crippen LogP contribution >= 0.6 is 0 Å². The Kier molecular flexibility index (Phi) is 1.87. The lowest BCUT2D eigenvalue weighted by Gasteiger charge is -2.12. The molecule has 0 bridgehead atoms. The third kappa shape index (κ3) is 1.16. The number of hydrogen-bond donors (Lipinski definition) is 1. The molecule has 2 aliphatic rings. The van der Waals surface area contributed by atoms with Crippen molar-refractivity contribution in [3.8, 4) is 0 Å². The van der Waals surface area contributed by atoms with Gasteiger partial charge in [-0.3, -0.25) is 0 Å². The molecular formula is C7H12N2O2. The molecule has 0 radical (unpaired) electrons. The fourth-order valence-corrected chi connectivity index (χ4v) is 2.00. The van der Waals surface area contributed by atoms with Crippen LogP contribution in [-0.2, 0) is 4.74 Å². The molecule has 11 heavy (non-hydrogen) atoms. The Balaban J connectivity index is 1.97. The zero-order chi connectivity index (χ0) is 7.68. The van der Waals surface area contributed by atoms with Crippen LogP contribution in [0.2, 0.25) is 0 Å². The molecule has 0 saturated carbocycles. The van der Waals surface area contributed by atoms with Crippen molar-refractivity contribution in [1.29, 1.82) is 0 Å². The molecule has 2 heterocycles. The van der Waals surface area contributed by atoms with Gasteiger partial charge in [0, 0.05) is 24.4 Å². The number of nitrogens with one attached hydrogen (secondary N) is 1. The third-order valence-electron chi connectivity index (χ3n) is 2.68. The highest BCUT2D eigenvalue weighted by molar-refractivity contribution is 4.93. The Morgan fingerprint density at radius 3 is 3.27 bits per heavy atom. The van der Waals surface area contributed by atoms with E-state index in [0.29, 0.717) is 18.4 Å². The fourth-order valence-electron chi connectivity index (χ4n) is 2.00. The molecule has 0 aromatic carbocycles. The zero-order valence-electron chi connectivity index (χ0n) is 6.32. The van der Waals surface area contributed by atoms with Gasteiger partial charge in [-0.05, 0) is 0 Å². The van der Waals surface area contributed by atoms with Gasteiger partial charge in [0.25, 0.3) is 0 Å². The molecule has 4 heteroatoms. The maximum Gasteiger partial charge on any atom is 0.0967 e. The summed E-state index contributed by atoms with van der Waals surface area (Å²) in [5, 5.41) is 6.20. The van der Waals surface area contributed by atoms with Crippen molar-refractivity contribution in [2.75, 3.05) is 26.3 Å². The smallest absolute Gasteiger partial charge is 0.0967 e. The molecule has 2 rings (SSSR count). The molecule has 0 aromatic heterocycles. The van der Waals surface area contributed by atoms with E-state index in [-0.39, 0.29) is 6.04 Å². The minimum atomic E-state index is 0.278. The fraction of sp³-hybridized carbons (Fsp3) is 1.00. The second-order valence-corrected chi connectivity index (χ2v) is 3.29. The van der Waals surface area contributed by atoms with Crippen molar-refractivity contribution in [2.45, 2.75) is 6.04 Å². The monoisotopic (exact) mass is 156 g/mol. The molecule has 0 aliphatic carbocycles. The molecule has 0 amide bonds. The van der Waals surface area contributed by atoms with E-state index in [2.05, 4.69) is 10.5 Å². The highest BCUT2D eigenvalue weighted by Crippen LogP contribution is 2.28. The third-order valence-corrected chi connectivity index (χ3v) is 2.68. The number of nitroso groups, excluding NO2 is 1. The highest BCUT2D eigenvalue weighted by Gasteiger charge is 2.39. The molecule has 2 fully saturated rings. The quantitative estimate of drug-likeness (QED) is 0.572. The molecule has 2 saturated heterocycles. The van der Waals surface area contributed by atoms with Crippen LogP contribution in [-0.4, -0.2) is 32.3 Å². The van der Waals surface area contributed by atoms with Crippen molar-refractivity contribution >= 4 is 0 Å². The van der Waals surface area contributed by atoms with E-state index in [1.165, 1.54) is 0 Å². The van der Waals surface area contributed by atoms with Gasteiger partial charge in [-0.25, -0.2) is 0 Å². The van der Waals surface area contributed by atoms with Gasteiger partial charge in [0.1, 0.15) is 0 Å². The summed E-state index contributed by atoms with van der Waals surface area (Å²) in [6, 6.07) is 0.278. The molecular weight excluding hydrogens is 144 g/mol.